The fourth-order valence-electron chi connectivity index (χ4n) is 4.65. The summed E-state index contributed by atoms with van der Waals surface area (Å²) in [7, 11) is 1.62. The second kappa shape index (κ2) is 10.4. The summed E-state index contributed by atoms with van der Waals surface area (Å²) in [6.07, 6.45) is 7.82. The zero-order valence-corrected chi connectivity index (χ0v) is 20.0. The minimum atomic E-state index is -0.400. The van der Waals surface area contributed by atoms with Crippen LogP contribution in [-0.4, -0.2) is 72.2 Å². The molecule has 4 heterocycles. The van der Waals surface area contributed by atoms with Crippen LogP contribution in [0.1, 0.15) is 57.2 Å². The molecule has 0 aromatic carbocycles. The first-order valence-electron chi connectivity index (χ1n) is 11.8. The summed E-state index contributed by atoms with van der Waals surface area (Å²) in [4.78, 5) is 19.4. The largest absolute Gasteiger partial charge is 0.474 e. The summed E-state index contributed by atoms with van der Waals surface area (Å²) in [5, 5.41) is 7.23. The van der Waals surface area contributed by atoms with Gasteiger partial charge in [-0.15, -0.1) is 0 Å². The first kappa shape index (κ1) is 23.3. The van der Waals surface area contributed by atoms with Crippen molar-refractivity contribution in [2.24, 2.45) is 9.98 Å². The van der Waals surface area contributed by atoms with E-state index in [2.05, 4.69) is 46.7 Å². The SMILES string of the molecule is CCCN1CCC(Oc2ccc3[nH]c(C4=CC(OC)C(=NC=N)N=C4)c(C(C)C)c3n2)CC1. The lowest BCUT2D eigenvalue weighted by molar-refractivity contribution is 0.0972. The molecule has 33 heavy (non-hydrogen) atoms. The number of H-pyrrole nitrogens is 1. The van der Waals surface area contributed by atoms with Gasteiger partial charge >= 0.3 is 0 Å². The van der Waals surface area contributed by atoms with E-state index in [9.17, 15) is 0 Å². The van der Waals surface area contributed by atoms with E-state index in [1.54, 1.807) is 13.3 Å². The van der Waals surface area contributed by atoms with Gasteiger partial charge in [-0.1, -0.05) is 20.8 Å². The Morgan fingerprint density at radius 1 is 1.30 bits per heavy atom. The van der Waals surface area contributed by atoms with Crippen LogP contribution < -0.4 is 4.74 Å². The third-order valence-electron chi connectivity index (χ3n) is 6.25. The molecule has 0 spiro atoms. The summed E-state index contributed by atoms with van der Waals surface area (Å²) in [6, 6.07) is 4.01. The van der Waals surface area contributed by atoms with Crippen molar-refractivity contribution in [3.63, 3.8) is 0 Å². The Balaban J connectivity index is 1.61. The average molecular weight is 451 g/mol. The maximum Gasteiger partial charge on any atom is 0.214 e. The number of rotatable bonds is 8. The molecule has 1 atom stereocenters. The standard InChI is InChI=1S/C25H34N6O2/c1-5-10-31-11-8-18(9-12-31)33-21-7-6-19-24(30-21)22(16(2)3)23(29-19)17-13-20(32-4)25(27-14-17)28-15-26/h6-7,13-16,18,20,26,29H,5,8-12H2,1-4H3. The summed E-state index contributed by atoms with van der Waals surface area (Å²) in [6.45, 7) is 9.90. The number of ether oxygens (including phenoxy) is 2. The van der Waals surface area contributed by atoms with Crippen LogP contribution in [0.25, 0.3) is 16.6 Å². The fourth-order valence-corrected chi connectivity index (χ4v) is 4.65. The summed E-state index contributed by atoms with van der Waals surface area (Å²) in [5.41, 5.74) is 4.95. The number of methoxy groups -OCH3 is 1. The molecule has 2 aliphatic rings. The highest BCUT2D eigenvalue weighted by Gasteiger charge is 2.24. The summed E-state index contributed by atoms with van der Waals surface area (Å²) >= 11 is 0. The molecule has 8 nitrogen and oxygen atoms in total. The third kappa shape index (κ3) is 5.07. The molecule has 2 aromatic heterocycles. The number of hydrogen-bond donors (Lipinski definition) is 2. The number of hydrogen-bond acceptors (Lipinski definition) is 5. The van der Waals surface area contributed by atoms with E-state index in [1.807, 2.05) is 12.1 Å². The number of nitrogens with one attached hydrogen (secondary N) is 2. The number of aliphatic imine (C=N–C) groups is 2. The first-order valence-corrected chi connectivity index (χ1v) is 11.8. The highest BCUT2D eigenvalue weighted by molar-refractivity contribution is 6.19. The number of likely N-dealkylation sites (tertiary alicyclic amines) is 1. The fraction of sp³-hybridized carbons (Fsp3) is 0.520. The van der Waals surface area contributed by atoms with Crippen molar-refractivity contribution in [2.75, 3.05) is 26.7 Å². The van der Waals surface area contributed by atoms with E-state index >= 15 is 0 Å². The molecule has 1 unspecified atom stereocenters. The van der Waals surface area contributed by atoms with E-state index in [0.29, 0.717) is 11.7 Å². The van der Waals surface area contributed by atoms with Crippen LogP contribution in [0, 0.1) is 5.41 Å². The predicted molar refractivity (Wildman–Crippen MR) is 134 cm³/mol. The Bertz CT molecular complexity index is 1080. The molecule has 8 heteroatoms. The number of aromatic amines is 1. The predicted octanol–water partition coefficient (Wildman–Crippen LogP) is 4.43. The van der Waals surface area contributed by atoms with Gasteiger partial charge in [0.25, 0.3) is 0 Å². The van der Waals surface area contributed by atoms with Gasteiger partial charge in [0.1, 0.15) is 18.5 Å². The quantitative estimate of drug-likeness (QED) is 0.459. The van der Waals surface area contributed by atoms with Crippen molar-refractivity contribution in [2.45, 2.75) is 58.2 Å². The van der Waals surface area contributed by atoms with Crippen LogP contribution in [0.2, 0.25) is 0 Å². The number of nitrogens with zero attached hydrogens (tertiary/aromatic N) is 4. The maximum atomic E-state index is 7.23. The topological polar surface area (TPSA) is 98.9 Å². The molecular formula is C25H34N6O2. The van der Waals surface area contributed by atoms with E-state index in [-0.39, 0.29) is 12.0 Å². The highest BCUT2D eigenvalue weighted by Crippen LogP contribution is 2.34. The van der Waals surface area contributed by atoms with Gasteiger partial charge in [-0.25, -0.2) is 15.0 Å². The molecule has 4 rings (SSSR count). The summed E-state index contributed by atoms with van der Waals surface area (Å²) < 4.78 is 11.8. The van der Waals surface area contributed by atoms with Crippen LogP contribution in [-0.2, 0) is 4.74 Å². The number of dihydropyridines is 1. The van der Waals surface area contributed by atoms with Crippen molar-refractivity contribution in [3.8, 4) is 5.88 Å². The second-order valence-electron chi connectivity index (χ2n) is 8.93. The average Bonchev–Trinajstić information content (AvgIpc) is 3.20. The highest BCUT2D eigenvalue weighted by atomic mass is 16.5. The van der Waals surface area contributed by atoms with Crippen molar-refractivity contribution >= 4 is 35.0 Å². The Hall–Kier alpha value is -2.84. The number of allylic oxidation sites excluding steroid dienone is 1. The van der Waals surface area contributed by atoms with Crippen molar-refractivity contribution in [1.29, 1.82) is 5.41 Å². The van der Waals surface area contributed by atoms with Crippen LogP contribution in [0.4, 0.5) is 0 Å². The number of fused-ring (bicyclic) bond motifs is 1. The lowest BCUT2D eigenvalue weighted by Gasteiger charge is -2.31. The zero-order chi connectivity index (χ0) is 23.4. The maximum absolute atomic E-state index is 7.23. The van der Waals surface area contributed by atoms with Crippen LogP contribution in [0.3, 0.4) is 0 Å². The normalized spacial score (nSPS) is 21.2. The molecule has 0 saturated carbocycles. The lowest BCUT2D eigenvalue weighted by Crippen LogP contribution is -2.38. The molecule has 2 aromatic rings. The third-order valence-corrected chi connectivity index (χ3v) is 6.25. The number of piperidine rings is 1. The molecule has 2 N–H and O–H groups in total. The van der Waals surface area contributed by atoms with Crippen molar-refractivity contribution < 1.29 is 9.47 Å². The Morgan fingerprint density at radius 3 is 2.76 bits per heavy atom. The van der Waals surface area contributed by atoms with Crippen molar-refractivity contribution in [1.82, 2.24) is 14.9 Å². The second-order valence-corrected chi connectivity index (χ2v) is 8.93. The van der Waals surface area contributed by atoms with Gasteiger partial charge in [-0.05, 0) is 43.9 Å². The molecule has 0 amide bonds. The molecule has 0 aliphatic carbocycles. The van der Waals surface area contributed by atoms with Crippen LogP contribution >= 0.6 is 0 Å². The van der Waals surface area contributed by atoms with Gasteiger partial charge in [0.2, 0.25) is 5.88 Å². The number of amidine groups is 1. The lowest BCUT2D eigenvalue weighted by atomic mass is 9.97. The van der Waals surface area contributed by atoms with Gasteiger partial charge in [-0.2, -0.15) is 0 Å². The Kier molecular flexibility index (Phi) is 7.35. The van der Waals surface area contributed by atoms with Gasteiger partial charge in [0.15, 0.2) is 5.84 Å². The Labute approximate surface area is 195 Å². The Morgan fingerprint density at radius 2 is 2.09 bits per heavy atom. The monoisotopic (exact) mass is 450 g/mol. The van der Waals surface area contributed by atoms with E-state index in [1.165, 1.54) is 13.0 Å². The summed E-state index contributed by atoms with van der Waals surface area (Å²) in [5.74, 6) is 1.41. The number of pyridine rings is 1. The minimum Gasteiger partial charge on any atom is -0.474 e. The minimum absolute atomic E-state index is 0.214. The molecule has 1 fully saturated rings. The van der Waals surface area contributed by atoms with E-state index in [4.69, 9.17) is 19.9 Å². The van der Waals surface area contributed by atoms with Gasteiger partial charge in [-0.3, -0.25) is 5.41 Å². The molecule has 0 bridgehead atoms. The van der Waals surface area contributed by atoms with Crippen LogP contribution in [0.15, 0.2) is 28.2 Å². The van der Waals surface area contributed by atoms with Crippen LogP contribution in [0.5, 0.6) is 5.88 Å². The van der Waals surface area contributed by atoms with E-state index in [0.717, 1.165) is 60.1 Å². The molecule has 0 radical (unpaired) electrons. The zero-order valence-electron chi connectivity index (χ0n) is 20.0. The molecule has 1 saturated heterocycles. The first-order chi connectivity index (χ1) is 16.0. The number of aromatic nitrogens is 2. The van der Waals surface area contributed by atoms with Crippen molar-refractivity contribution in [3.05, 3.63) is 29.5 Å². The molecule has 176 valence electrons. The molecule has 2 aliphatic heterocycles. The van der Waals surface area contributed by atoms with E-state index < -0.39 is 6.10 Å². The molecular weight excluding hydrogens is 416 g/mol. The van der Waals surface area contributed by atoms with Gasteiger partial charge < -0.3 is 19.4 Å². The van der Waals surface area contributed by atoms with Gasteiger partial charge in [0.05, 0.1) is 16.7 Å². The smallest absolute Gasteiger partial charge is 0.214 e. The van der Waals surface area contributed by atoms with Gasteiger partial charge in [0, 0.05) is 43.6 Å².